The summed E-state index contributed by atoms with van der Waals surface area (Å²) in [6.07, 6.45) is 0.0589. The third-order valence-electron chi connectivity index (χ3n) is 6.37. The molecule has 0 N–H and O–H groups in total. The van der Waals surface area contributed by atoms with Crippen molar-refractivity contribution in [3.8, 4) is 0 Å². The van der Waals surface area contributed by atoms with Crippen LogP contribution in [0.2, 0.25) is 0 Å². The minimum absolute atomic E-state index is 0.0412. The predicted octanol–water partition coefficient (Wildman–Crippen LogP) is 4.34. The molecule has 1 aliphatic heterocycles. The number of pyridine rings is 1. The molecule has 4 rings (SSSR count). The van der Waals surface area contributed by atoms with E-state index in [-0.39, 0.29) is 18.0 Å². The van der Waals surface area contributed by atoms with Crippen molar-refractivity contribution in [3.05, 3.63) is 70.2 Å². The first-order chi connectivity index (χ1) is 16.1. The number of alkyl halides is 3. The van der Waals surface area contributed by atoms with Gasteiger partial charge in [-0.05, 0) is 49.1 Å². The number of benzene rings is 1. The zero-order valence-corrected chi connectivity index (χ0v) is 19.6. The van der Waals surface area contributed by atoms with Crippen LogP contribution in [0.15, 0.2) is 41.5 Å². The molecule has 0 saturated carbocycles. The number of hydrogen-bond acceptors (Lipinski definition) is 4. The smallest absolute Gasteiger partial charge is 0.339 e. The molecular weight excluding hydrogens is 443 g/mol. The summed E-state index contributed by atoms with van der Waals surface area (Å²) in [4.78, 5) is 27.2. The molecule has 0 bridgehead atoms. The van der Waals surface area contributed by atoms with Gasteiger partial charge in [-0.15, -0.1) is 0 Å². The first-order valence-corrected chi connectivity index (χ1v) is 11.0. The normalized spacial score (nSPS) is 15.1. The highest BCUT2D eigenvalue weighted by atomic mass is 19.4. The maximum Gasteiger partial charge on any atom is 0.416 e. The molecule has 9 heteroatoms. The van der Waals surface area contributed by atoms with Gasteiger partial charge in [0.25, 0.3) is 0 Å². The van der Waals surface area contributed by atoms with Gasteiger partial charge in [0, 0.05) is 32.4 Å². The van der Waals surface area contributed by atoms with E-state index in [9.17, 15) is 18.0 Å². The van der Waals surface area contributed by atoms with E-state index in [0.29, 0.717) is 30.6 Å². The largest absolute Gasteiger partial charge is 0.416 e. The monoisotopic (exact) mass is 469 g/mol. The van der Waals surface area contributed by atoms with Crippen LogP contribution in [0.4, 0.5) is 13.2 Å². The van der Waals surface area contributed by atoms with E-state index in [1.807, 2.05) is 30.7 Å². The average molecular weight is 470 g/mol. The van der Waals surface area contributed by atoms with E-state index in [2.05, 4.69) is 15.0 Å². The van der Waals surface area contributed by atoms with E-state index in [4.69, 9.17) is 0 Å². The highest BCUT2D eigenvalue weighted by Gasteiger charge is 2.32. The number of fused-ring (bicyclic) bond motifs is 1. The maximum absolute atomic E-state index is 13.3. The van der Waals surface area contributed by atoms with Crippen molar-refractivity contribution < 1.29 is 18.0 Å². The van der Waals surface area contributed by atoms with E-state index >= 15 is 0 Å². The lowest BCUT2D eigenvalue weighted by atomic mass is 10.0. The molecule has 178 valence electrons. The number of nitrogens with zero attached hydrogens (tertiary/aromatic N) is 5. The highest BCUT2D eigenvalue weighted by molar-refractivity contribution is 5.82. The first kappa shape index (κ1) is 23.7. The summed E-state index contributed by atoms with van der Waals surface area (Å²) < 4.78 is 41.8. The molecule has 1 aliphatic rings. The Bertz CT molecular complexity index is 1370. The van der Waals surface area contributed by atoms with E-state index in [0.717, 1.165) is 34.1 Å². The fourth-order valence-corrected chi connectivity index (χ4v) is 4.16. The third kappa shape index (κ3) is 4.60. The van der Waals surface area contributed by atoms with Crippen molar-refractivity contribution in [2.75, 3.05) is 13.1 Å². The molecule has 1 amide bonds. The van der Waals surface area contributed by atoms with Gasteiger partial charge in [0.15, 0.2) is 5.49 Å². The standard InChI is InChI=1S/C25H26F3N5O/c1-15-19(6-5-7-21(15)25(26,27)28)13-30-24-20-12-22(18-8-10-33(11-9-18)17(3)34)29-14-23(20)32(4)16(2)31-24/h5-8,12,14H,9-11,13H2,1-4H3. The molecule has 0 fully saturated rings. The van der Waals surface area contributed by atoms with Crippen molar-refractivity contribution in [2.45, 2.75) is 39.9 Å². The van der Waals surface area contributed by atoms with Crippen LogP contribution >= 0.6 is 0 Å². The van der Waals surface area contributed by atoms with E-state index < -0.39 is 11.7 Å². The molecule has 0 radical (unpaired) electrons. The van der Waals surface area contributed by atoms with Gasteiger partial charge >= 0.3 is 6.18 Å². The summed E-state index contributed by atoms with van der Waals surface area (Å²) in [5.74, 6) is 0.759. The number of halogens is 3. The van der Waals surface area contributed by atoms with Crippen LogP contribution in [0.25, 0.3) is 16.5 Å². The lowest BCUT2D eigenvalue weighted by molar-refractivity contribution is -0.138. The molecule has 0 unspecified atom stereocenters. The number of hydrogen-bond donors (Lipinski definition) is 0. The van der Waals surface area contributed by atoms with Crippen LogP contribution in [0.3, 0.4) is 0 Å². The summed E-state index contributed by atoms with van der Waals surface area (Å²) in [6, 6.07) is 6.08. The fraction of sp³-hybridized carbons (Fsp3) is 0.360. The van der Waals surface area contributed by atoms with Gasteiger partial charge in [-0.2, -0.15) is 13.2 Å². The lowest BCUT2D eigenvalue weighted by Crippen LogP contribution is -2.32. The number of carbonyl (C=O) groups is 1. The topological polar surface area (TPSA) is 63.4 Å². The van der Waals surface area contributed by atoms with Gasteiger partial charge in [0.2, 0.25) is 5.91 Å². The Balaban J connectivity index is 1.77. The van der Waals surface area contributed by atoms with Crippen molar-refractivity contribution in [2.24, 2.45) is 12.0 Å². The SMILES string of the molecule is CC(=O)N1CC=C(c2cc3c(=NCc4cccc(C(F)(F)F)c4C)nc(C)n(C)c3cn2)CC1. The fourth-order valence-electron chi connectivity index (χ4n) is 4.16. The number of aryl methyl sites for hydroxylation is 2. The van der Waals surface area contributed by atoms with Crippen molar-refractivity contribution >= 4 is 22.4 Å². The molecule has 0 saturated heterocycles. The molecule has 0 aliphatic carbocycles. The molecule has 0 atom stereocenters. The zero-order valence-electron chi connectivity index (χ0n) is 19.6. The second-order valence-corrected chi connectivity index (χ2v) is 8.48. The minimum atomic E-state index is -4.41. The summed E-state index contributed by atoms with van der Waals surface area (Å²) in [6.45, 7) is 6.13. The highest BCUT2D eigenvalue weighted by Crippen LogP contribution is 2.33. The van der Waals surface area contributed by atoms with Gasteiger partial charge < -0.3 is 9.47 Å². The molecule has 3 aromatic rings. The Morgan fingerprint density at radius 1 is 1.24 bits per heavy atom. The molecule has 1 aromatic carbocycles. The first-order valence-electron chi connectivity index (χ1n) is 11.0. The number of amides is 1. The van der Waals surface area contributed by atoms with Crippen molar-refractivity contribution in [3.63, 3.8) is 0 Å². The van der Waals surface area contributed by atoms with Crippen LogP contribution in [-0.2, 0) is 24.6 Å². The Morgan fingerprint density at radius 2 is 2.00 bits per heavy atom. The Morgan fingerprint density at radius 3 is 2.65 bits per heavy atom. The molecule has 6 nitrogen and oxygen atoms in total. The zero-order chi connectivity index (χ0) is 24.6. The number of aromatic nitrogens is 3. The second kappa shape index (κ2) is 9.04. The summed E-state index contributed by atoms with van der Waals surface area (Å²) in [5, 5.41) is 0.776. The van der Waals surface area contributed by atoms with E-state index in [1.165, 1.54) is 13.0 Å². The van der Waals surface area contributed by atoms with Crippen LogP contribution in [0, 0.1) is 13.8 Å². The average Bonchev–Trinajstić information content (AvgIpc) is 2.80. The van der Waals surface area contributed by atoms with E-state index in [1.54, 1.807) is 24.1 Å². The molecule has 0 spiro atoms. The van der Waals surface area contributed by atoms with Gasteiger partial charge in [-0.1, -0.05) is 18.2 Å². The van der Waals surface area contributed by atoms with Crippen molar-refractivity contribution in [1.29, 1.82) is 0 Å². The van der Waals surface area contributed by atoms with Gasteiger partial charge in [0.05, 0.1) is 29.5 Å². The van der Waals surface area contributed by atoms with Gasteiger partial charge in [-0.25, -0.2) is 4.98 Å². The lowest BCUT2D eigenvalue weighted by Gasteiger charge is -2.25. The van der Waals surface area contributed by atoms with Crippen LogP contribution in [0.5, 0.6) is 0 Å². The predicted molar refractivity (Wildman–Crippen MR) is 124 cm³/mol. The Kier molecular flexibility index (Phi) is 6.29. The summed E-state index contributed by atoms with van der Waals surface area (Å²) in [7, 11) is 1.89. The molecular formula is C25H26F3N5O. The number of carbonyl (C=O) groups excluding carboxylic acids is 1. The Labute approximate surface area is 195 Å². The van der Waals surface area contributed by atoms with Crippen LogP contribution < -0.4 is 5.49 Å². The quantitative estimate of drug-likeness (QED) is 0.573. The minimum Gasteiger partial charge on any atom is -0.339 e. The third-order valence-corrected chi connectivity index (χ3v) is 6.37. The molecule has 2 aromatic heterocycles. The molecule has 3 heterocycles. The van der Waals surface area contributed by atoms with Crippen LogP contribution in [0.1, 0.15) is 41.6 Å². The summed E-state index contributed by atoms with van der Waals surface area (Å²) >= 11 is 0. The summed E-state index contributed by atoms with van der Waals surface area (Å²) in [5.41, 5.74) is 3.15. The maximum atomic E-state index is 13.3. The van der Waals surface area contributed by atoms with Crippen molar-refractivity contribution in [1.82, 2.24) is 19.4 Å². The molecule has 34 heavy (non-hydrogen) atoms. The second-order valence-electron chi connectivity index (χ2n) is 8.48. The Hall–Kier alpha value is -3.49. The van der Waals surface area contributed by atoms with Gasteiger partial charge in [0.1, 0.15) is 5.82 Å². The number of rotatable bonds is 3. The van der Waals surface area contributed by atoms with Gasteiger partial charge in [-0.3, -0.25) is 14.8 Å². The van der Waals surface area contributed by atoms with Crippen LogP contribution in [-0.4, -0.2) is 38.4 Å².